The van der Waals surface area contributed by atoms with E-state index in [-0.39, 0.29) is 5.75 Å². The van der Waals surface area contributed by atoms with E-state index in [0.29, 0.717) is 11.1 Å². The molecule has 6 heteroatoms. The molecule has 0 unspecified atom stereocenters. The van der Waals surface area contributed by atoms with Gasteiger partial charge in [-0.3, -0.25) is 4.79 Å². The molecule has 1 amide bonds. The van der Waals surface area contributed by atoms with Crippen LogP contribution in [-0.2, 0) is 4.79 Å². The first-order chi connectivity index (χ1) is 12.1. The molecule has 0 bridgehead atoms. The largest absolute Gasteiger partial charge is 0.507 e. The number of hydrazone groups is 1. The van der Waals surface area contributed by atoms with Gasteiger partial charge in [0.25, 0.3) is 5.91 Å². The fourth-order valence-corrected chi connectivity index (χ4v) is 2.44. The Labute approximate surface area is 147 Å². The van der Waals surface area contributed by atoms with E-state index in [1.807, 2.05) is 19.9 Å². The average Bonchev–Trinajstić information content (AvgIpc) is 2.64. The molecular formula is C19H23N3O3. The minimum absolute atomic E-state index is 0.0750. The number of aliphatic hydroxyl groups excluding tert-OH is 1. The lowest BCUT2D eigenvalue weighted by atomic mass is 10.1. The van der Waals surface area contributed by atoms with Gasteiger partial charge in [-0.2, -0.15) is 5.10 Å². The van der Waals surface area contributed by atoms with Gasteiger partial charge in [-0.05, 0) is 31.5 Å². The summed E-state index contributed by atoms with van der Waals surface area (Å²) in [5.74, 6) is -0.562. The number of carbonyl (C=O) groups is 1. The standard InChI is InChI=1S/C19H23N3O3/c1-3-22(4-2)16-11-10-15(17(23)12-16)13-20-21-19(25)18(24)14-8-6-5-7-9-14/h5-13,18,23-24H,3-4H2,1-2H3,(H,21,25)/b20-13+/t18-/m1/s1. The van der Waals surface area contributed by atoms with Gasteiger partial charge in [-0.1, -0.05) is 30.3 Å². The van der Waals surface area contributed by atoms with Gasteiger partial charge in [0.15, 0.2) is 6.10 Å². The van der Waals surface area contributed by atoms with Crippen LogP contribution in [-0.4, -0.2) is 35.4 Å². The first-order valence-electron chi connectivity index (χ1n) is 8.20. The minimum Gasteiger partial charge on any atom is -0.507 e. The van der Waals surface area contributed by atoms with Crippen LogP contribution in [0.25, 0.3) is 0 Å². The lowest BCUT2D eigenvalue weighted by molar-refractivity contribution is -0.129. The molecule has 0 saturated carbocycles. The molecule has 2 rings (SSSR count). The molecule has 6 nitrogen and oxygen atoms in total. The van der Waals surface area contributed by atoms with Crippen molar-refractivity contribution in [3.05, 3.63) is 59.7 Å². The SMILES string of the molecule is CCN(CC)c1ccc(/C=N/NC(=O)[C@H](O)c2ccccc2)c(O)c1. The topological polar surface area (TPSA) is 85.2 Å². The summed E-state index contributed by atoms with van der Waals surface area (Å²) in [5.41, 5.74) is 4.16. The maximum atomic E-state index is 11.9. The smallest absolute Gasteiger partial charge is 0.273 e. The quantitative estimate of drug-likeness (QED) is 0.533. The van der Waals surface area contributed by atoms with Crippen LogP contribution in [0, 0.1) is 0 Å². The van der Waals surface area contributed by atoms with E-state index in [0.717, 1.165) is 18.8 Å². The number of phenolic OH excluding ortho intramolecular Hbond substituents is 1. The number of nitrogens with one attached hydrogen (secondary N) is 1. The fourth-order valence-electron chi connectivity index (χ4n) is 2.44. The summed E-state index contributed by atoms with van der Waals surface area (Å²) in [6, 6.07) is 13.9. The Hall–Kier alpha value is -2.86. The van der Waals surface area contributed by atoms with Crippen LogP contribution in [0.5, 0.6) is 5.75 Å². The third-order valence-corrected chi connectivity index (χ3v) is 3.88. The number of phenols is 1. The van der Waals surface area contributed by atoms with Crippen molar-refractivity contribution in [2.45, 2.75) is 20.0 Å². The Balaban J connectivity index is 2.01. The third kappa shape index (κ3) is 4.81. The van der Waals surface area contributed by atoms with Gasteiger partial charge in [0.2, 0.25) is 0 Å². The first kappa shape index (κ1) is 18.5. The van der Waals surface area contributed by atoms with Crippen molar-refractivity contribution in [3.63, 3.8) is 0 Å². The highest BCUT2D eigenvalue weighted by Crippen LogP contribution is 2.23. The molecule has 0 radical (unpaired) electrons. The molecule has 3 N–H and O–H groups in total. The second-order valence-corrected chi connectivity index (χ2v) is 5.46. The van der Waals surface area contributed by atoms with Gasteiger partial charge in [0.05, 0.1) is 6.21 Å². The van der Waals surface area contributed by atoms with E-state index in [1.54, 1.807) is 42.5 Å². The summed E-state index contributed by atoms with van der Waals surface area (Å²) in [4.78, 5) is 14.0. The lowest BCUT2D eigenvalue weighted by Gasteiger charge is -2.21. The average molecular weight is 341 g/mol. The molecule has 0 fully saturated rings. The van der Waals surface area contributed by atoms with E-state index in [4.69, 9.17) is 0 Å². The Bertz CT molecular complexity index is 728. The predicted octanol–water partition coefficient (Wildman–Crippen LogP) is 2.42. The fraction of sp³-hybridized carbons (Fsp3) is 0.263. The highest BCUT2D eigenvalue weighted by molar-refractivity contribution is 5.87. The van der Waals surface area contributed by atoms with Gasteiger partial charge in [-0.25, -0.2) is 5.43 Å². The van der Waals surface area contributed by atoms with Gasteiger partial charge >= 0.3 is 0 Å². The molecule has 0 aromatic heterocycles. The Morgan fingerprint density at radius 1 is 1.20 bits per heavy atom. The summed E-state index contributed by atoms with van der Waals surface area (Å²) >= 11 is 0. The second kappa shape index (κ2) is 8.84. The molecule has 0 spiro atoms. The summed E-state index contributed by atoms with van der Waals surface area (Å²) in [5, 5.41) is 23.9. The zero-order chi connectivity index (χ0) is 18.2. The Morgan fingerprint density at radius 2 is 1.88 bits per heavy atom. The van der Waals surface area contributed by atoms with Crippen molar-refractivity contribution < 1.29 is 15.0 Å². The summed E-state index contributed by atoms with van der Waals surface area (Å²) in [6.07, 6.45) is 0.0498. The molecule has 0 aliphatic carbocycles. The van der Waals surface area contributed by atoms with E-state index >= 15 is 0 Å². The Morgan fingerprint density at radius 3 is 2.48 bits per heavy atom. The van der Waals surface area contributed by atoms with Crippen molar-refractivity contribution >= 4 is 17.8 Å². The molecule has 25 heavy (non-hydrogen) atoms. The molecule has 2 aromatic rings. The summed E-state index contributed by atoms with van der Waals surface area (Å²) < 4.78 is 0. The molecule has 0 saturated heterocycles. The molecule has 2 aromatic carbocycles. The number of anilines is 1. The Kier molecular flexibility index (Phi) is 6.54. The zero-order valence-electron chi connectivity index (χ0n) is 14.4. The molecular weight excluding hydrogens is 318 g/mol. The second-order valence-electron chi connectivity index (χ2n) is 5.46. The molecule has 0 aliphatic heterocycles. The van der Waals surface area contributed by atoms with Crippen LogP contribution in [0.15, 0.2) is 53.6 Å². The van der Waals surface area contributed by atoms with Crippen LogP contribution >= 0.6 is 0 Å². The number of aromatic hydroxyl groups is 1. The molecule has 0 aliphatic rings. The van der Waals surface area contributed by atoms with E-state index < -0.39 is 12.0 Å². The van der Waals surface area contributed by atoms with Crippen LogP contribution < -0.4 is 10.3 Å². The van der Waals surface area contributed by atoms with Crippen molar-refractivity contribution in [1.29, 1.82) is 0 Å². The molecule has 1 atom stereocenters. The van der Waals surface area contributed by atoms with E-state index in [9.17, 15) is 15.0 Å². The van der Waals surface area contributed by atoms with Crippen molar-refractivity contribution in [1.82, 2.24) is 5.43 Å². The predicted molar refractivity (Wildman–Crippen MR) is 98.8 cm³/mol. The summed E-state index contributed by atoms with van der Waals surface area (Å²) in [7, 11) is 0. The number of hydrogen-bond acceptors (Lipinski definition) is 5. The van der Waals surface area contributed by atoms with Crippen LogP contribution in [0.2, 0.25) is 0 Å². The van der Waals surface area contributed by atoms with Gasteiger partial charge in [0, 0.05) is 30.4 Å². The van der Waals surface area contributed by atoms with Crippen LogP contribution in [0.1, 0.15) is 31.1 Å². The van der Waals surface area contributed by atoms with Crippen molar-refractivity contribution in [2.24, 2.45) is 5.10 Å². The van der Waals surface area contributed by atoms with E-state index in [1.165, 1.54) is 6.21 Å². The number of aliphatic hydroxyl groups is 1. The maximum absolute atomic E-state index is 11.9. The highest BCUT2D eigenvalue weighted by Gasteiger charge is 2.16. The lowest BCUT2D eigenvalue weighted by Crippen LogP contribution is -2.25. The van der Waals surface area contributed by atoms with Crippen LogP contribution in [0.4, 0.5) is 5.69 Å². The minimum atomic E-state index is -1.29. The van der Waals surface area contributed by atoms with E-state index in [2.05, 4.69) is 15.4 Å². The van der Waals surface area contributed by atoms with Crippen molar-refractivity contribution in [2.75, 3.05) is 18.0 Å². The molecule has 0 heterocycles. The zero-order valence-corrected chi connectivity index (χ0v) is 14.4. The third-order valence-electron chi connectivity index (χ3n) is 3.88. The number of rotatable bonds is 7. The first-order valence-corrected chi connectivity index (χ1v) is 8.20. The monoisotopic (exact) mass is 341 g/mol. The number of amides is 1. The highest BCUT2D eigenvalue weighted by atomic mass is 16.3. The van der Waals surface area contributed by atoms with Crippen LogP contribution in [0.3, 0.4) is 0 Å². The van der Waals surface area contributed by atoms with Gasteiger partial charge in [-0.15, -0.1) is 0 Å². The number of hydrogen-bond donors (Lipinski definition) is 3. The number of benzene rings is 2. The van der Waals surface area contributed by atoms with Crippen molar-refractivity contribution in [3.8, 4) is 5.75 Å². The molecule has 132 valence electrons. The van der Waals surface area contributed by atoms with Gasteiger partial charge < -0.3 is 15.1 Å². The maximum Gasteiger partial charge on any atom is 0.273 e. The normalized spacial score (nSPS) is 12.1. The number of carbonyl (C=O) groups excluding carboxylic acids is 1. The van der Waals surface area contributed by atoms with Gasteiger partial charge in [0.1, 0.15) is 5.75 Å². The summed E-state index contributed by atoms with van der Waals surface area (Å²) in [6.45, 7) is 5.78. The number of nitrogens with zero attached hydrogens (tertiary/aromatic N) is 2.